The van der Waals surface area contributed by atoms with Crippen molar-refractivity contribution in [3.05, 3.63) is 38.9 Å². The Balaban J connectivity index is 3.27. The summed E-state index contributed by atoms with van der Waals surface area (Å²) in [6, 6.07) is 4.11. The summed E-state index contributed by atoms with van der Waals surface area (Å²) in [4.78, 5) is 13.7. The summed E-state index contributed by atoms with van der Waals surface area (Å²) in [7, 11) is 1.50. The number of nitrogens with two attached hydrogens (primary N) is 1. The Kier molecular flexibility index (Phi) is 3.03. The van der Waals surface area contributed by atoms with Crippen LogP contribution in [0.2, 0.25) is 5.02 Å². The van der Waals surface area contributed by atoms with E-state index in [0.717, 1.165) is 0 Å². The molecular formula is C8H8ClN3O2. The molecule has 1 rings (SSSR count). The molecule has 0 aliphatic heterocycles. The summed E-state index contributed by atoms with van der Waals surface area (Å²) in [5.41, 5.74) is 5.85. The molecule has 1 aromatic carbocycles. The van der Waals surface area contributed by atoms with Crippen LogP contribution < -0.4 is 5.73 Å². The third-order valence-corrected chi connectivity index (χ3v) is 1.85. The summed E-state index contributed by atoms with van der Waals surface area (Å²) in [5, 5.41) is 10.7. The number of amidine groups is 1. The number of nitro groups is 1. The minimum absolute atomic E-state index is 0.0981. The van der Waals surface area contributed by atoms with Crippen molar-refractivity contribution >= 4 is 23.1 Å². The van der Waals surface area contributed by atoms with E-state index in [4.69, 9.17) is 17.3 Å². The van der Waals surface area contributed by atoms with E-state index >= 15 is 0 Å². The molecule has 0 aliphatic rings. The summed E-state index contributed by atoms with van der Waals surface area (Å²) in [5.74, 6) is 0.218. The van der Waals surface area contributed by atoms with Crippen molar-refractivity contribution in [1.82, 2.24) is 0 Å². The Labute approximate surface area is 85.4 Å². The van der Waals surface area contributed by atoms with Crippen LogP contribution in [0.1, 0.15) is 5.56 Å². The van der Waals surface area contributed by atoms with Crippen LogP contribution in [0.25, 0.3) is 0 Å². The standard InChI is InChI=1S/C8H8ClN3O2/c1-11-8(10)5-2-6(9)4-7(3-5)12(13)14/h2-4H,1H3,(H2,10,11). The van der Waals surface area contributed by atoms with Crippen LogP contribution in [0.15, 0.2) is 23.2 Å². The molecule has 0 aliphatic carbocycles. The molecule has 2 N–H and O–H groups in total. The highest BCUT2D eigenvalue weighted by Gasteiger charge is 2.10. The number of rotatable bonds is 2. The van der Waals surface area contributed by atoms with Gasteiger partial charge in [0.2, 0.25) is 0 Å². The molecule has 0 aromatic heterocycles. The van der Waals surface area contributed by atoms with Crippen LogP contribution in [0, 0.1) is 10.1 Å². The number of non-ortho nitro benzene ring substituents is 1. The van der Waals surface area contributed by atoms with E-state index in [0.29, 0.717) is 5.56 Å². The molecule has 0 radical (unpaired) electrons. The lowest BCUT2D eigenvalue weighted by Gasteiger charge is -2.00. The number of nitrogens with zero attached hydrogens (tertiary/aromatic N) is 2. The van der Waals surface area contributed by atoms with Gasteiger partial charge >= 0.3 is 0 Å². The van der Waals surface area contributed by atoms with Gasteiger partial charge in [-0.15, -0.1) is 0 Å². The predicted molar refractivity (Wildman–Crippen MR) is 54.8 cm³/mol. The van der Waals surface area contributed by atoms with Gasteiger partial charge in [-0.2, -0.15) is 0 Å². The number of hydrogen-bond donors (Lipinski definition) is 1. The van der Waals surface area contributed by atoms with Crippen LogP contribution in [0.4, 0.5) is 5.69 Å². The molecule has 1 aromatic rings. The molecule has 0 unspecified atom stereocenters. The van der Waals surface area contributed by atoms with Crippen molar-refractivity contribution in [2.45, 2.75) is 0 Å². The molecule has 6 heteroatoms. The van der Waals surface area contributed by atoms with Crippen LogP contribution in [-0.4, -0.2) is 17.8 Å². The fraction of sp³-hybridized carbons (Fsp3) is 0.125. The molecule has 0 saturated heterocycles. The first-order valence-corrected chi connectivity index (χ1v) is 4.10. The summed E-state index contributed by atoms with van der Waals surface area (Å²) in [6.07, 6.45) is 0. The molecule has 5 nitrogen and oxygen atoms in total. The molecule has 0 spiro atoms. The SMILES string of the molecule is CN=C(N)c1cc(Cl)cc([N+](=O)[O-])c1. The number of aliphatic imine (C=N–C) groups is 1. The van der Waals surface area contributed by atoms with Gasteiger partial charge in [0.05, 0.1) is 4.92 Å². The maximum atomic E-state index is 10.5. The van der Waals surface area contributed by atoms with Crippen LogP contribution in [0.3, 0.4) is 0 Å². The number of hydrogen-bond acceptors (Lipinski definition) is 3. The van der Waals surface area contributed by atoms with E-state index in [9.17, 15) is 10.1 Å². The maximum absolute atomic E-state index is 10.5. The lowest BCUT2D eigenvalue weighted by molar-refractivity contribution is -0.384. The van der Waals surface area contributed by atoms with E-state index in [2.05, 4.69) is 4.99 Å². The Morgan fingerprint density at radius 3 is 2.71 bits per heavy atom. The van der Waals surface area contributed by atoms with Crippen LogP contribution >= 0.6 is 11.6 Å². The highest BCUT2D eigenvalue weighted by molar-refractivity contribution is 6.31. The predicted octanol–water partition coefficient (Wildman–Crippen LogP) is 1.58. The smallest absolute Gasteiger partial charge is 0.271 e. The molecule has 0 saturated carbocycles. The van der Waals surface area contributed by atoms with E-state index < -0.39 is 4.92 Å². The molecule has 74 valence electrons. The molecule has 0 fully saturated rings. The van der Waals surface area contributed by atoms with Crippen molar-refractivity contribution in [2.24, 2.45) is 10.7 Å². The summed E-state index contributed by atoms with van der Waals surface area (Å²) < 4.78 is 0. The molecule has 0 bridgehead atoms. The molecule has 0 atom stereocenters. The average molecular weight is 214 g/mol. The fourth-order valence-electron chi connectivity index (χ4n) is 0.957. The monoisotopic (exact) mass is 213 g/mol. The van der Waals surface area contributed by atoms with Gasteiger partial charge in [-0.3, -0.25) is 15.1 Å². The van der Waals surface area contributed by atoms with Gasteiger partial charge in [-0.05, 0) is 6.07 Å². The topological polar surface area (TPSA) is 81.5 Å². The summed E-state index contributed by atoms with van der Waals surface area (Å²) in [6.45, 7) is 0. The Morgan fingerprint density at radius 1 is 1.57 bits per heavy atom. The van der Waals surface area contributed by atoms with E-state index in [1.54, 1.807) is 0 Å². The van der Waals surface area contributed by atoms with Gasteiger partial charge < -0.3 is 5.73 Å². The third kappa shape index (κ3) is 2.20. The third-order valence-electron chi connectivity index (χ3n) is 1.63. The molecule has 0 amide bonds. The minimum atomic E-state index is -0.529. The van der Waals surface area contributed by atoms with Crippen molar-refractivity contribution in [2.75, 3.05) is 7.05 Å². The zero-order chi connectivity index (χ0) is 10.7. The largest absolute Gasteiger partial charge is 0.384 e. The van der Waals surface area contributed by atoms with Crippen LogP contribution in [-0.2, 0) is 0 Å². The molecule has 14 heavy (non-hydrogen) atoms. The van der Waals surface area contributed by atoms with Crippen molar-refractivity contribution < 1.29 is 4.92 Å². The molecular weight excluding hydrogens is 206 g/mol. The van der Waals surface area contributed by atoms with E-state index in [-0.39, 0.29) is 16.5 Å². The number of halogens is 1. The first kappa shape index (κ1) is 10.5. The first-order chi connectivity index (χ1) is 6.54. The first-order valence-electron chi connectivity index (χ1n) is 3.72. The Bertz CT molecular complexity index is 404. The van der Waals surface area contributed by atoms with Crippen molar-refractivity contribution in [3.63, 3.8) is 0 Å². The fourth-order valence-corrected chi connectivity index (χ4v) is 1.19. The van der Waals surface area contributed by atoms with Crippen molar-refractivity contribution in [1.29, 1.82) is 0 Å². The quantitative estimate of drug-likeness (QED) is 0.351. The van der Waals surface area contributed by atoms with E-state index in [1.807, 2.05) is 0 Å². The van der Waals surface area contributed by atoms with Crippen molar-refractivity contribution in [3.8, 4) is 0 Å². The van der Waals surface area contributed by atoms with Crippen LogP contribution in [0.5, 0.6) is 0 Å². The van der Waals surface area contributed by atoms with Gasteiger partial charge in [0.15, 0.2) is 0 Å². The Hall–Kier alpha value is -1.62. The van der Waals surface area contributed by atoms with Gasteiger partial charge in [-0.25, -0.2) is 0 Å². The number of benzene rings is 1. The second-order valence-electron chi connectivity index (χ2n) is 2.56. The maximum Gasteiger partial charge on any atom is 0.271 e. The zero-order valence-corrected chi connectivity index (χ0v) is 8.15. The second kappa shape index (κ2) is 4.06. The lowest BCUT2D eigenvalue weighted by Crippen LogP contribution is -2.13. The lowest BCUT2D eigenvalue weighted by atomic mass is 10.2. The van der Waals surface area contributed by atoms with E-state index in [1.165, 1.54) is 25.2 Å². The minimum Gasteiger partial charge on any atom is -0.384 e. The highest BCUT2D eigenvalue weighted by Crippen LogP contribution is 2.20. The average Bonchev–Trinajstić information content (AvgIpc) is 2.15. The summed E-state index contributed by atoms with van der Waals surface area (Å²) >= 11 is 5.68. The molecule has 0 heterocycles. The second-order valence-corrected chi connectivity index (χ2v) is 3.00. The normalized spacial score (nSPS) is 11.4. The number of nitro benzene ring substituents is 1. The van der Waals surface area contributed by atoms with Gasteiger partial charge in [0.1, 0.15) is 5.84 Å². The Morgan fingerprint density at radius 2 is 2.21 bits per heavy atom. The highest BCUT2D eigenvalue weighted by atomic mass is 35.5. The van der Waals surface area contributed by atoms with Gasteiger partial charge in [0.25, 0.3) is 5.69 Å². The van der Waals surface area contributed by atoms with Gasteiger partial charge in [-0.1, -0.05) is 11.6 Å². The zero-order valence-electron chi connectivity index (χ0n) is 7.40. The van der Waals surface area contributed by atoms with Gasteiger partial charge in [0, 0.05) is 29.8 Å².